The van der Waals surface area contributed by atoms with Crippen LogP contribution in [-0.2, 0) is 4.74 Å². The van der Waals surface area contributed by atoms with E-state index in [2.05, 4.69) is 0 Å². The number of rotatable bonds is 4. The van der Waals surface area contributed by atoms with Gasteiger partial charge in [-0.05, 0) is 43.4 Å². The molecule has 1 atom stereocenters. The van der Waals surface area contributed by atoms with Crippen molar-refractivity contribution in [3.8, 4) is 0 Å². The van der Waals surface area contributed by atoms with Gasteiger partial charge in [0.25, 0.3) is 0 Å². The fourth-order valence-electron chi connectivity index (χ4n) is 2.24. The van der Waals surface area contributed by atoms with Gasteiger partial charge in [-0.15, -0.1) is 0 Å². The summed E-state index contributed by atoms with van der Waals surface area (Å²) in [5.41, 5.74) is 1.27. The third-order valence-corrected chi connectivity index (χ3v) is 3.04. The highest BCUT2D eigenvalue weighted by atomic mass is 19.1. The Kier molecular flexibility index (Phi) is 4.86. The first-order valence-electron chi connectivity index (χ1n) is 6.61. The van der Waals surface area contributed by atoms with Crippen molar-refractivity contribution in [1.29, 1.82) is 0 Å². The molecule has 1 aromatic carbocycles. The van der Waals surface area contributed by atoms with Crippen molar-refractivity contribution in [2.45, 2.75) is 47.6 Å². The second kappa shape index (κ2) is 5.83. The first-order valence-corrected chi connectivity index (χ1v) is 6.61. The second-order valence-electron chi connectivity index (χ2n) is 6.00. The van der Waals surface area contributed by atoms with Gasteiger partial charge in [-0.25, -0.2) is 4.39 Å². The molecule has 0 aliphatic carbocycles. The average Bonchev–Trinajstić information content (AvgIpc) is 2.22. The number of ketones is 1. The van der Waals surface area contributed by atoms with E-state index in [9.17, 15) is 9.18 Å². The molecule has 0 spiro atoms. The Morgan fingerprint density at radius 2 is 1.89 bits per heavy atom. The van der Waals surface area contributed by atoms with Gasteiger partial charge < -0.3 is 4.74 Å². The minimum atomic E-state index is -0.631. The highest BCUT2D eigenvalue weighted by Crippen LogP contribution is 2.28. The highest BCUT2D eigenvalue weighted by Gasteiger charge is 2.34. The Morgan fingerprint density at radius 1 is 1.32 bits per heavy atom. The molecule has 1 aromatic rings. The van der Waals surface area contributed by atoms with E-state index in [0.29, 0.717) is 12.2 Å². The fourth-order valence-corrected chi connectivity index (χ4v) is 2.24. The summed E-state index contributed by atoms with van der Waals surface area (Å²) >= 11 is 0. The smallest absolute Gasteiger partial charge is 0.195 e. The fraction of sp³-hybridized carbons (Fsp3) is 0.562. The van der Waals surface area contributed by atoms with Crippen molar-refractivity contribution >= 4 is 5.78 Å². The van der Waals surface area contributed by atoms with Crippen LogP contribution in [0.3, 0.4) is 0 Å². The van der Waals surface area contributed by atoms with Crippen LogP contribution in [0.4, 0.5) is 4.39 Å². The standard InChI is InChI=1S/C16H23FO2/c1-7-19-15(16(4,5)6)14(18)13-11(3)8-10(2)9-12(13)17/h8-9,15H,7H2,1-6H3. The molecule has 0 aromatic heterocycles. The van der Waals surface area contributed by atoms with Crippen molar-refractivity contribution in [3.63, 3.8) is 0 Å². The lowest BCUT2D eigenvalue weighted by molar-refractivity contribution is -0.000530. The van der Waals surface area contributed by atoms with Gasteiger partial charge in [0.15, 0.2) is 5.78 Å². The van der Waals surface area contributed by atoms with E-state index >= 15 is 0 Å². The zero-order valence-corrected chi connectivity index (χ0v) is 12.6. The molecule has 0 amide bonds. The summed E-state index contributed by atoms with van der Waals surface area (Å²) < 4.78 is 19.6. The Morgan fingerprint density at radius 3 is 2.32 bits per heavy atom. The zero-order chi connectivity index (χ0) is 14.8. The van der Waals surface area contributed by atoms with E-state index < -0.39 is 11.9 Å². The number of hydrogen-bond donors (Lipinski definition) is 0. The lowest BCUT2D eigenvalue weighted by Crippen LogP contribution is -2.38. The van der Waals surface area contributed by atoms with Crippen LogP contribution in [0.5, 0.6) is 0 Å². The molecule has 0 bridgehead atoms. The first kappa shape index (κ1) is 15.8. The molecule has 0 aliphatic heterocycles. The normalized spacial score (nSPS) is 13.4. The molecule has 19 heavy (non-hydrogen) atoms. The number of halogens is 1. The lowest BCUT2D eigenvalue weighted by Gasteiger charge is -2.29. The number of benzene rings is 1. The van der Waals surface area contributed by atoms with Gasteiger partial charge in [0.2, 0.25) is 0 Å². The lowest BCUT2D eigenvalue weighted by atomic mass is 9.83. The van der Waals surface area contributed by atoms with Crippen LogP contribution in [0.1, 0.15) is 49.2 Å². The topological polar surface area (TPSA) is 26.3 Å². The van der Waals surface area contributed by atoms with Crippen molar-refractivity contribution < 1.29 is 13.9 Å². The predicted octanol–water partition coefficient (Wildman–Crippen LogP) is 4.08. The van der Waals surface area contributed by atoms with Gasteiger partial charge in [0.1, 0.15) is 11.9 Å². The molecule has 0 saturated heterocycles. The molecule has 2 nitrogen and oxygen atoms in total. The summed E-state index contributed by atoms with van der Waals surface area (Å²) in [4.78, 5) is 12.6. The number of carbonyl (C=O) groups excluding carboxylic acids is 1. The van der Waals surface area contributed by atoms with Crippen molar-refractivity contribution in [3.05, 3.63) is 34.6 Å². The Bertz CT molecular complexity index is 449. The van der Waals surface area contributed by atoms with Crippen LogP contribution >= 0.6 is 0 Å². The highest BCUT2D eigenvalue weighted by molar-refractivity contribution is 6.01. The van der Waals surface area contributed by atoms with Gasteiger partial charge in [-0.3, -0.25) is 4.79 Å². The molecule has 0 heterocycles. The molecule has 0 fully saturated rings. The van der Waals surface area contributed by atoms with Crippen molar-refractivity contribution in [2.75, 3.05) is 6.61 Å². The summed E-state index contributed by atoms with van der Waals surface area (Å²) in [5, 5.41) is 0. The van der Waals surface area contributed by atoms with Crippen LogP contribution in [-0.4, -0.2) is 18.5 Å². The van der Waals surface area contributed by atoms with Gasteiger partial charge in [-0.2, -0.15) is 0 Å². The SMILES string of the molecule is CCOC(C(=O)c1c(C)cc(C)cc1F)C(C)(C)C. The molecular weight excluding hydrogens is 243 g/mol. The van der Waals surface area contributed by atoms with E-state index in [0.717, 1.165) is 5.56 Å². The summed E-state index contributed by atoms with van der Waals surface area (Å²) in [6, 6.07) is 3.22. The van der Waals surface area contributed by atoms with Crippen LogP contribution in [0.15, 0.2) is 12.1 Å². The average molecular weight is 266 g/mol. The molecule has 0 N–H and O–H groups in total. The van der Waals surface area contributed by atoms with Gasteiger partial charge in [0.05, 0.1) is 5.56 Å². The number of ether oxygens (including phenoxy) is 1. The number of carbonyl (C=O) groups is 1. The van der Waals surface area contributed by atoms with E-state index in [4.69, 9.17) is 4.74 Å². The van der Waals surface area contributed by atoms with Gasteiger partial charge in [0, 0.05) is 6.61 Å². The molecule has 106 valence electrons. The number of hydrogen-bond acceptors (Lipinski definition) is 2. The summed E-state index contributed by atoms with van der Waals surface area (Å²) in [6.07, 6.45) is -0.631. The maximum atomic E-state index is 14.1. The molecule has 0 radical (unpaired) electrons. The third kappa shape index (κ3) is 3.63. The van der Waals surface area contributed by atoms with E-state index in [1.54, 1.807) is 6.92 Å². The molecule has 1 rings (SSSR count). The second-order valence-corrected chi connectivity index (χ2v) is 6.00. The van der Waals surface area contributed by atoms with E-state index in [1.165, 1.54) is 6.07 Å². The summed E-state index contributed by atoms with van der Waals surface area (Å²) in [7, 11) is 0. The first-order chi connectivity index (χ1) is 8.68. The van der Waals surface area contributed by atoms with Crippen LogP contribution in [0.2, 0.25) is 0 Å². The largest absolute Gasteiger partial charge is 0.370 e. The maximum absolute atomic E-state index is 14.1. The minimum Gasteiger partial charge on any atom is -0.370 e. The minimum absolute atomic E-state index is 0.152. The van der Waals surface area contributed by atoms with Crippen LogP contribution in [0.25, 0.3) is 0 Å². The zero-order valence-electron chi connectivity index (χ0n) is 12.6. The van der Waals surface area contributed by atoms with E-state index in [-0.39, 0.29) is 16.8 Å². The molecule has 1 unspecified atom stereocenters. The Balaban J connectivity index is 3.25. The molecular formula is C16H23FO2. The summed E-state index contributed by atoms with van der Waals surface area (Å²) in [5.74, 6) is -0.735. The van der Waals surface area contributed by atoms with E-state index in [1.807, 2.05) is 40.7 Å². The van der Waals surface area contributed by atoms with Crippen molar-refractivity contribution in [1.82, 2.24) is 0 Å². The predicted molar refractivity (Wildman–Crippen MR) is 75.1 cm³/mol. The third-order valence-electron chi connectivity index (χ3n) is 3.04. The van der Waals surface area contributed by atoms with Crippen molar-refractivity contribution in [2.24, 2.45) is 5.41 Å². The summed E-state index contributed by atoms with van der Waals surface area (Å²) in [6.45, 7) is 11.6. The van der Waals surface area contributed by atoms with Gasteiger partial charge in [-0.1, -0.05) is 26.8 Å². The molecule has 0 aliphatic rings. The monoisotopic (exact) mass is 266 g/mol. The Labute approximate surface area is 115 Å². The van der Waals surface area contributed by atoms with Crippen LogP contribution in [0, 0.1) is 25.1 Å². The van der Waals surface area contributed by atoms with Gasteiger partial charge >= 0.3 is 0 Å². The Hall–Kier alpha value is -1.22. The van der Waals surface area contributed by atoms with Crippen LogP contribution < -0.4 is 0 Å². The molecule has 0 saturated carbocycles. The number of aryl methyl sites for hydroxylation is 2. The molecule has 3 heteroatoms. The maximum Gasteiger partial charge on any atom is 0.195 e. The number of Topliss-reactive ketones (excluding diaryl/α,β-unsaturated/α-hetero) is 1. The quantitative estimate of drug-likeness (QED) is 0.768.